The molecule has 3 aromatic carbocycles. The van der Waals surface area contributed by atoms with E-state index >= 15 is 0 Å². The first-order valence-electron chi connectivity index (χ1n) is 9.40. The van der Waals surface area contributed by atoms with Crippen molar-refractivity contribution in [3.63, 3.8) is 0 Å². The molecule has 0 saturated heterocycles. The van der Waals surface area contributed by atoms with Gasteiger partial charge in [-0.15, -0.1) is 0 Å². The van der Waals surface area contributed by atoms with Crippen LogP contribution in [0, 0.1) is 11.3 Å². The molecule has 1 N–H and O–H groups in total. The Morgan fingerprint density at radius 2 is 1.58 bits per heavy atom. The summed E-state index contributed by atoms with van der Waals surface area (Å²) < 4.78 is 4.95. The summed E-state index contributed by atoms with van der Waals surface area (Å²) in [5.74, 6) is -1.47. The second-order valence-electron chi connectivity index (χ2n) is 6.46. The molecule has 0 radical (unpaired) electrons. The molecule has 0 atom stereocenters. The van der Waals surface area contributed by atoms with Crippen LogP contribution in [0.25, 0.3) is 6.08 Å². The predicted molar refractivity (Wildman–Crippen MR) is 116 cm³/mol. The lowest BCUT2D eigenvalue weighted by molar-refractivity contribution is -0.142. The van der Waals surface area contributed by atoms with Gasteiger partial charge in [-0.05, 0) is 35.9 Å². The maximum absolute atomic E-state index is 12.7. The van der Waals surface area contributed by atoms with Gasteiger partial charge in [0.2, 0.25) is 0 Å². The lowest BCUT2D eigenvalue weighted by Crippen LogP contribution is -2.21. The summed E-state index contributed by atoms with van der Waals surface area (Å²) in [5, 5.41) is 11.4. The van der Waals surface area contributed by atoms with Crippen LogP contribution >= 0.6 is 0 Å². The lowest BCUT2D eigenvalue weighted by Gasteiger charge is -2.10. The van der Waals surface area contributed by atoms with Crippen LogP contribution in [-0.4, -0.2) is 24.3 Å². The van der Waals surface area contributed by atoms with Crippen molar-refractivity contribution in [2.24, 2.45) is 0 Å². The number of ketones is 1. The van der Waals surface area contributed by atoms with E-state index < -0.39 is 18.5 Å². The molecular weight excluding hydrogens is 392 g/mol. The van der Waals surface area contributed by atoms with Gasteiger partial charge in [-0.3, -0.25) is 9.59 Å². The maximum atomic E-state index is 12.7. The normalized spacial score (nSPS) is 10.3. The van der Waals surface area contributed by atoms with Crippen LogP contribution in [0.15, 0.2) is 84.9 Å². The van der Waals surface area contributed by atoms with Crippen LogP contribution in [0.5, 0.6) is 0 Å². The minimum absolute atomic E-state index is 0.223. The summed E-state index contributed by atoms with van der Waals surface area (Å²) in [6, 6.07) is 24.0. The molecule has 0 fully saturated rings. The Morgan fingerprint density at radius 3 is 2.29 bits per heavy atom. The van der Waals surface area contributed by atoms with Gasteiger partial charge in [0.25, 0.3) is 5.91 Å². The summed E-state index contributed by atoms with van der Waals surface area (Å²) in [5.41, 5.74) is 2.42. The van der Waals surface area contributed by atoms with Gasteiger partial charge in [0.15, 0.2) is 12.4 Å². The highest BCUT2D eigenvalue weighted by atomic mass is 16.5. The average molecular weight is 410 g/mol. The van der Waals surface area contributed by atoms with Crippen LogP contribution in [0.1, 0.15) is 27.0 Å². The van der Waals surface area contributed by atoms with Crippen molar-refractivity contribution in [1.29, 1.82) is 5.26 Å². The third kappa shape index (κ3) is 5.99. The zero-order chi connectivity index (χ0) is 22.1. The van der Waals surface area contributed by atoms with Gasteiger partial charge in [0.1, 0.15) is 0 Å². The van der Waals surface area contributed by atoms with E-state index in [1.54, 1.807) is 72.8 Å². The smallest absolute Gasteiger partial charge is 0.331 e. The number of para-hydroxylation sites is 1. The fourth-order valence-electron chi connectivity index (χ4n) is 2.74. The number of esters is 1. The van der Waals surface area contributed by atoms with Gasteiger partial charge in [-0.25, -0.2) is 4.79 Å². The zero-order valence-electron chi connectivity index (χ0n) is 16.4. The number of amides is 1. The fourth-order valence-corrected chi connectivity index (χ4v) is 2.74. The average Bonchev–Trinajstić information content (AvgIpc) is 2.82. The molecule has 152 valence electrons. The fraction of sp³-hybridized carbons (Fsp3) is 0.0400. The number of carbonyl (C=O) groups excluding carboxylic acids is 3. The Bertz CT molecular complexity index is 1160. The zero-order valence-corrected chi connectivity index (χ0v) is 16.4. The van der Waals surface area contributed by atoms with E-state index in [1.807, 2.05) is 12.1 Å². The number of nitrogens with one attached hydrogen (secondary N) is 1. The Kier molecular flexibility index (Phi) is 7.07. The summed E-state index contributed by atoms with van der Waals surface area (Å²) >= 11 is 0. The Morgan fingerprint density at radius 1 is 0.903 bits per heavy atom. The molecule has 0 heterocycles. The van der Waals surface area contributed by atoms with E-state index in [9.17, 15) is 14.4 Å². The first kappa shape index (κ1) is 21.2. The van der Waals surface area contributed by atoms with E-state index in [4.69, 9.17) is 10.00 Å². The van der Waals surface area contributed by atoms with Gasteiger partial charge >= 0.3 is 5.97 Å². The van der Waals surface area contributed by atoms with Gasteiger partial charge in [0, 0.05) is 17.2 Å². The molecule has 0 aliphatic rings. The number of ether oxygens (including phenoxy) is 1. The molecule has 31 heavy (non-hydrogen) atoms. The Balaban J connectivity index is 1.57. The molecule has 1 amide bonds. The van der Waals surface area contributed by atoms with Crippen molar-refractivity contribution in [2.45, 2.75) is 0 Å². The molecule has 3 rings (SSSR count). The number of carbonyl (C=O) groups is 3. The minimum atomic E-state index is -0.687. The number of hydrogen-bond donors (Lipinski definition) is 1. The molecule has 0 aromatic heterocycles. The molecule has 0 spiro atoms. The summed E-state index contributed by atoms with van der Waals surface area (Å²) in [4.78, 5) is 36.8. The highest BCUT2D eigenvalue weighted by Gasteiger charge is 2.15. The van der Waals surface area contributed by atoms with Crippen molar-refractivity contribution in [3.8, 4) is 6.07 Å². The number of benzene rings is 3. The number of anilines is 1. The molecule has 0 saturated carbocycles. The highest BCUT2D eigenvalue weighted by molar-refractivity contribution is 6.13. The number of rotatable bonds is 7. The van der Waals surface area contributed by atoms with Crippen molar-refractivity contribution in [3.05, 3.63) is 107 Å². The van der Waals surface area contributed by atoms with Gasteiger partial charge in [-0.1, -0.05) is 54.6 Å². The van der Waals surface area contributed by atoms with Gasteiger partial charge in [-0.2, -0.15) is 5.26 Å². The highest BCUT2D eigenvalue weighted by Crippen LogP contribution is 2.19. The summed E-state index contributed by atoms with van der Waals surface area (Å²) in [7, 11) is 0. The molecule has 0 aliphatic carbocycles. The van der Waals surface area contributed by atoms with Crippen molar-refractivity contribution < 1.29 is 19.1 Å². The quantitative estimate of drug-likeness (QED) is 0.361. The number of nitriles is 1. The molecule has 6 heteroatoms. The second kappa shape index (κ2) is 10.3. The topological polar surface area (TPSA) is 96.3 Å². The predicted octanol–water partition coefficient (Wildman–Crippen LogP) is 3.98. The van der Waals surface area contributed by atoms with Crippen LogP contribution in [0.4, 0.5) is 5.69 Å². The number of nitrogens with zero attached hydrogens (tertiary/aromatic N) is 1. The Hall–Kier alpha value is -4.50. The SMILES string of the molecule is N#Cc1ccc(/C=C/C(=O)OCC(=O)Nc2ccccc2C(=O)c2ccccc2)cc1. The van der Waals surface area contributed by atoms with E-state index in [0.29, 0.717) is 27.9 Å². The molecule has 0 unspecified atom stereocenters. The van der Waals surface area contributed by atoms with E-state index in [1.165, 1.54) is 12.2 Å². The molecule has 6 nitrogen and oxygen atoms in total. The standard InChI is InChI=1S/C25H18N2O4/c26-16-19-12-10-18(11-13-19)14-15-24(29)31-17-23(28)27-22-9-5-4-8-21(22)25(30)20-6-2-1-3-7-20/h1-15H,17H2,(H,27,28)/b15-14+. The second-order valence-corrected chi connectivity index (χ2v) is 6.46. The van der Waals surface area contributed by atoms with Crippen LogP contribution in [-0.2, 0) is 14.3 Å². The lowest BCUT2D eigenvalue weighted by atomic mass is 10.0. The van der Waals surface area contributed by atoms with Crippen molar-refractivity contribution in [1.82, 2.24) is 0 Å². The third-order valence-corrected chi connectivity index (χ3v) is 4.28. The summed E-state index contributed by atoms with van der Waals surface area (Å²) in [6.07, 6.45) is 2.72. The van der Waals surface area contributed by atoms with Gasteiger partial charge < -0.3 is 10.1 Å². The van der Waals surface area contributed by atoms with Crippen LogP contribution in [0.2, 0.25) is 0 Å². The van der Waals surface area contributed by atoms with Crippen LogP contribution in [0.3, 0.4) is 0 Å². The van der Waals surface area contributed by atoms with E-state index in [2.05, 4.69) is 5.32 Å². The first-order valence-corrected chi connectivity index (χ1v) is 9.40. The van der Waals surface area contributed by atoms with E-state index in [-0.39, 0.29) is 5.78 Å². The molecular formula is C25H18N2O4. The Labute approximate surface area is 179 Å². The molecule has 0 aliphatic heterocycles. The minimum Gasteiger partial charge on any atom is -0.452 e. The monoisotopic (exact) mass is 410 g/mol. The largest absolute Gasteiger partial charge is 0.452 e. The van der Waals surface area contributed by atoms with E-state index in [0.717, 1.165) is 0 Å². The first-order chi connectivity index (χ1) is 15.1. The molecule has 3 aromatic rings. The van der Waals surface area contributed by atoms with Crippen LogP contribution < -0.4 is 5.32 Å². The molecule has 0 bridgehead atoms. The summed E-state index contributed by atoms with van der Waals surface area (Å²) in [6.45, 7) is -0.496. The van der Waals surface area contributed by atoms with Crippen molar-refractivity contribution >= 4 is 29.4 Å². The van der Waals surface area contributed by atoms with Crippen molar-refractivity contribution in [2.75, 3.05) is 11.9 Å². The maximum Gasteiger partial charge on any atom is 0.331 e. The third-order valence-electron chi connectivity index (χ3n) is 4.28. The van der Waals surface area contributed by atoms with Gasteiger partial charge in [0.05, 0.1) is 17.3 Å². The number of hydrogen-bond acceptors (Lipinski definition) is 5.